The molecule has 0 aliphatic rings. The van der Waals surface area contributed by atoms with Crippen LogP contribution in [-0.2, 0) is 28.6 Å². The van der Waals surface area contributed by atoms with Gasteiger partial charge in [0.2, 0.25) is 0 Å². The van der Waals surface area contributed by atoms with Gasteiger partial charge in [-0.3, -0.25) is 14.4 Å². The maximum Gasteiger partial charge on any atom is 0.306 e. The summed E-state index contributed by atoms with van der Waals surface area (Å²) in [5.41, 5.74) is 0. The number of carbonyl (C=O) groups is 3. The summed E-state index contributed by atoms with van der Waals surface area (Å²) in [5, 5.41) is 0. The molecule has 0 spiro atoms. The number of esters is 3. The summed E-state index contributed by atoms with van der Waals surface area (Å²) in [6, 6.07) is 0. The molecule has 0 N–H and O–H groups in total. The monoisotopic (exact) mass is 703 g/mol. The average Bonchev–Trinajstić information content (AvgIpc) is 3.11. The highest BCUT2D eigenvalue weighted by Crippen LogP contribution is 2.14. The molecule has 0 aliphatic heterocycles. The lowest BCUT2D eigenvalue weighted by Crippen LogP contribution is -2.30. The number of ether oxygens (including phenoxy) is 3. The van der Waals surface area contributed by atoms with Gasteiger partial charge in [-0.15, -0.1) is 0 Å². The van der Waals surface area contributed by atoms with Crippen molar-refractivity contribution in [1.29, 1.82) is 0 Å². The molecule has 0 heterocycles. The highest BCUT2D eigenvalue weighted by molar-refractivity contribution is 5.71. The fourth-order valence-corrected chi connectivity index (χ4v) is 5.75. The molecule has 6 nitrogen and oxygen atoms in total. The van der Waals surface area contributed by atoms with Crippen LogP contribution in [0.1, 0.15) is 207 Å². The van der Waals surface area contributed by atoms with E-state index in [1.165, 1.54) is 83.5 Å². The van der Waals surface area contributed by atoms with Crippen molar-refractivity contribution in [3.8, 4) is 0 Å². The number of hydrogen-bond acceptors (Lipinski definition) is 6. The smallest absolute Gasteiger partial charge is 0.306 e. The molecule has 0 rings (SSSR count). The molecule has 6 heteroatoms. The summed E-state index contributed by atoms with van der Waals surface area (Å²) in [5.74, 6) is -0.916. The van der Waals surface area contributed by atoms with E-state index in [1.54, 1.807) is 0 Å². The number of carbonyl (C=O) groups excluding carboxylic acids is 3. The number of unbranched alkanes of at least 4 members (excludes halogenated alkanes) is 20. The highest BCUT2D eigenvalue weighted by Gasteiger charge is 2.19. The van der Waals surface area contributed by atoms with Crippen LogP contribution in [0.5, 0.6) is 0 Å². The number of hydrogen-bond donors (Lipinski definition) is 0. The Morgan fingerprint density at radius 2 is 0.780 bits per heavy atom. The normalized spacial score (nSPS) is 12.3. The third kappa shape index (κ3) is 36.9. The zero-order valence-electron chi connectivity index (χ0n) is 32.9. The minimum atomic E-state index is -0.775. The van der Waals surface area contributed by atoms with Crippen LogP contribution in [0.25, 0.3) is 0 Å². The summed E-state index contributed by atoms with van der Waals surface area (Å²) in [4.78, 5) is 37.5. The van der Waals surface area contributed by atoms with Crippen LogP contribution >= 0.6 is 0 Å². The molecule has 0 aromatic carbocycles. The lowest BCUT2D eigenvalue weighted by atomic mass is 10.1. The zero-order valence-corrected chi connectivity index (χ0v) is 32.9. The van der Waals surface area contributed by atoms with Crippen LogP contribution in [-0.4, -0.2) is 37.2 Å². The molecule has 0 fully saturated rings. The molecule has 50 heavy (non-hydrogen) atoms. The molecular formula is C44H78O6. The van der Waals surface area contributed by atoms with Gasteiger partial charge < -0.3 is 14.2 Å². The second-order valence-electron chi connectivity index (χ2n) is 13.9. The largest absolute Gasteiger partial charge is 0.462 e. The fraction of sp³-hybridized carbons (Fsp3) is 0.795. The maximum atomic E-state index is 12.6. The van der Waals surface area contributed by atoms with Crippen LogP contribution in [0.15, 0.2) is 36.5 Å². The predicted molar refractivity (Wildman–Crippen MR) is 210 cm³/mol. The fourth-order valence-electron chi connectivity index (χ4n) is 5.75. The molecular weight excluding hydrogens is 624 g/mol. The lowest BCUT2D eigenvalue weighted by Gasteiger charge is -2.18. The first-order valence-corrected chi connectivity index (χ1v) is 21.0. The minimum Gasteiger partial charge on any atom is -0.462 e. The Kier molecular flexibility index (Phi) is 37.5. The Morgan fingerprint density at radius 3 is 1.22 bits per heavy atom. The molecule has 290 valence electrons. The molecule has 0 bridgehead atoms. The molecule has 0 aromatic rings. The molecule has 0 saturated carbocycles. The molecule has 0 amide bonds. The summed E-state index contributed by atoms with van der Waals surface area (Å²) < 4.78 is 16.6. The molecule has 0 aliphatic carbocycles. The van der Waals surface area contributed by atoms with Gasteiger partial charge in [0.05, 0.1) is 0 Å². The van der Waals surface area contributed by atoms with Gasteiger partial charge in [-0.25, -0.2) is 0 Å². The maximum absolute atomic E-state index is 12.6. The summed E-state index contributed by atoms with van der Waals surface area (Å²) in [6.45, 7) is 6.45. The highest BCUT2D eigenvalue weighted by atomic mass is 16.6. The van der Waals surface area contributed by atoms with Crippen molar-refractivity contribution in [3.05, 3.63) is 36.5 Å². The third-order valence-electron chi connectivity index (χ3n) is 8.91. The van der Waals surface area contributed by atoms with E-state index in [-0.39, 0.29) is 31.1 Å². The van der Waals surface area contributed by atoms with Crippen molar-refractivity contribution in [2.75, 3.05) is 13.2 Å². The van der Waals surface area contributed by atoms with Crippen molar-refractivity contribution in [2.45, 2.75) is 213 Å². The Labute approximate surface area is 308 Å². The van der Waals surface area contributed by atoms with E-state index in [9.17, 15) is 14.4 Å². The van der Waals surface area contributed by atoms with Gasteiger partial charge in [0.15, 0.2) is 6.10 Å². The van der Waals surface area contributed by atoms with E-state index in [2.05, 4.69) is 57.2 Å². The van der Waals surface area contributed by atoms with Crippen molar-refractivity contribution in [1.82, 2.24) is 0 Å². The van der Waals surface area contributed by atoms with Crippen molar-refractivity contribution < 1.29 is 28.6 Å². The zero-order chi connectivity index (χ0) is 36.6. The van der Waals surface area contributed by atoms with Crippen molar-refractivity contribution in [2.24, 2.45) is 0 Å². The second-order valence-corrected chi connectivity index (χ2v) is 13.9. The quantitative estimate of drug-likeness (QED) is 0.0277. The topological polar surface area (TPSA) is 78.9 Å². The van der Waals surface area contributed by atoms with E-state index in [0.717, 1.165) is 83.5 Å². The molecule has 0 radical (unpaired) electrons. The summed E-state index contributed by atoms with van der Waals surface area (Å²) in [7, 11) is 0. The standard InChI is InChI=1S/C44H78O6/c1-4-7-10-13-16-19-21-22-23-26-28-31-34-37-43(46)49-40-41(39-48-42(45)36-33-30-27-24-18-15-12-9-6-3)50-44(47)38-35-32-29-25-20-17-14-11-8-5-2/h7,10,16,19,22-23,41H,4-6,8-9,11-15,17-18,20-21,24-40H2,1-3H3/b10-7-,19-16-,23-22-. The van der Waals surface area contributed by atoms with E-state index >= 15 is 0 Å². The second kappa shape index (κ2) is 39.4. The predicted octanol–water partition coefficient (Wildman–Crippen LogP) is 13.0. The first kappa shape index (κ1) is 47.6. The summed E-state index contributed by atoms with van der Waals surface area (Å²) in [6.07, 6.45) is 42.7. The van der Waals surface area contributed by atoms with Gasteiger partial charge in [0.25, 0.3) is 0 Å². The lowest BCUT2D eigenvalue weighted by molar-refractivity contribution is -0.167. The Balaban J connectivity index is 4.40. The van der Waals surface area contributed by atoms with Crippen LogP contribution in [0.2, 0.25) is 0 Å². The first-order valence-electron chi connectivity index (χ1n) is 21.0. The number of rotatable bonds is 37. The van der Waals surface area contributed by atoms with Crippen LogP contribution < -0.4 is 0 Å². The molecule has 1 unspecified atom stereocenters. The Morgan fingerprint density at radius 1 is 0.420 bits per heavy atom. The molecule has 0 saturated heterocycles. The minimum absolute atomic E-state index is 0.0791. The number of allylic oxidation sites excluding steroid dienone is 6. The van der Waals surface area contributed by atoms with Gasteiger partial charge in [-0.1, -0.05) is 173 Å². The van der Waals surface area contributed by atoms with Crippen LogP contribution in [0, 0.1) is 0 Å². The summed E-state index contributed by atoms with van der Waals surface area (Å²) >= 11 is 0. The van der Waals surface area contributed by atoms with E-state index in [0.29, 0.717) is 19.3 Å². The van der Waals surface area contributed by atoms with Gasteiger partial charge in [-0.05, 0) is 51.4 Å². The van der Waals surface area contributed by atoms with Crippen molar-refractivity contribution >= 4 is 17.9 Å². The van der Waals surface area contributed by atoms with E-state index in [1.807, 2.05) is 0 Å². The third-order valence-corrected chi connectivity index (χ3v) is 8.91. The van der Waals surface area contributed by atoms with E-state index < -0.39 is 6.10 Å². The van der Waals surface area contributed by atoms with Gasteiger partial charge >= 0.3 is 17.9 Å². The van der Waals surface area contributed by atoms with Crippen molar-refractivity contribution in [3.63, 3.8) is 0 Å². The van der Waals surface area contributed by atoms with Gasteiger partial charge in [0.1, 0.15) is 13.2 Å². The SMILES string of the molecule is CC/C=C\C/C=C\C/C=C\CCCCCC(=O)OCC(COC(=O)CCCCCCCCCCC)OC(=O)CCCCCCCCCCCC. The van der Waals surface area contributed by atoms with Crippen LogP contribution in [0.3, 0.4) is 0 Å². The van der Waals surface area contributed by atoms with Gasteiger partial charge in [-0.2, -0.15) is 0 Å². The Hall–Kier alpha value is -2.37. The molecule has 1 atom stereocenters. The van der Waals surface area contributed by atoms with E-state index in [4.69, 9.17) is 14.2 Å². The Bertz CT molecular complexity index is 861. The molecule has 0 aromatic heterocycles. The van der Waals surface area contributed by atoms with Gasteiger partial charge in [0, 0.05) is 19.3 Å². The van der Waals surface area contributed by atoms with Crippen LogP contribution in [0.4, 0.5) is 0 Å². The first-order chi connectivity index (χ1) is 24.5. The average molecular weight is 703 g/mol.